The maximum atomic E-state index is 14.0. The summed E-state index contributed by atoms with van der Waals surface area (Å²) < 4.78 is 80.7. The summed E-state index contributed by atoms with van der Waals surface area (Å²) in [6.07, 6.45) is -0.701. The van der Waals surface area contributed by atoms with Crippen LogP contribution in [0.2, 0.25) is 0 Å². The molecule has 0 bridgehead atoms. The zero-order chi connectivity index (χ0) is 29.9. The largest absolute Gasteiger partial charge is 0.416 e. The lowest BCUT2D eigenvalue weighted by Gasteiger charge is -2.35. The molecule has 1 aliphatic heterocycles. The van der Waals surface area contributed by atoms with Crippen molar-refractivity contribution in [3.63, 3.8) is 0 Å². The number of likely N-dealkylation sites (tertiary alicyclic amines) is 1. The van der Waals surface area contributed by atoms with Gasteiger partial charge in [0.2, 0.25) is 11.8 Å². The van der Waals surface area contributed by atoms with Crippen molar-refractivity contribution in [1.82, 2.24) is 15.2 Å². The smallest absolute Gasteiger partial charge is 0.344 e. The van der Waals surface area contributed by atoms with E-state index in [1.165, 1.54) is 18.5 Å². The zero-order valence-corrected chi connectivity index (χ0v) is 23.1. The van der Waals surface area contributed by atoms with Crippen molar-refractivity contribution in [3.8, 4) is 11.1 Å². The van der Waals surface area contributed by atoms with Crippen molar-refractivity contribution in [2.24, 2.45) is 11.8 Å². The van der Waals surface area contributed by atoms with Crippen LogP contribution in [0.1, 0.15) is 87.9 Å². The van der Waals surface area contributed by atoms with E-state index in [1.54, 1.807) is 4.90 Å². The highest BCUT2D eigenvalue weighted by molar-refractivity contribution is 5.89. The predicted octanol–water partition coefficient (Wildman–Crippen LogP) is 7.56. The molecule has 4 rings (SSSR count). The van der Waals surface area contributed by atoms with Crippen molar-refractivity contribution in [3.05, 3.63) is 53.3 Å². The molecule has 1 saturated carbocycles. The molecule has 41 heavy (non-hydrogen) atoms. The van der Waals surface area contributed by atoms with Crippen LogP contribution in [0.25, 0.3) is 11.1 Å². The Morgan fingerprint density at radius 2 is 1.54 bits per heavy atom. The van der Waals surface area contributed by atoms with E-state index in [1.807, 2.05) is 13.8 Å². The topological polar surface area (TPSA) is 62.3 Å². The first-order valence-corrected chi connectivity index (χ1v) is 14.1. The molecule has 2 amide bonds. The molecule has 2 aromatic rings. The van der Waals surface area contributed by atoms with Crippen LogP contribution < -0.4 is 5.32 Å². The van der Waals surface area contributed by atoms with Gasteiger partial charge in [0.05, 0.1) is 17.2 Å². The summed E-state index contributed by atoms with van der Waals surface area (Å²) in [7, 11) is 0. The maximum Gasteiger partial charge on any atom is 0.416 e. The van der Waals surface area contributed by atoms with Crippen molar-refractivity contribution < 1.29 is 35.9 Å². The number of carbonyl (C=O) groups excluding carboxylic acids is 2. The van der Waals surface area contributed by atoms with Gasteiger partial charge in [-0.15, -0.1) is 0 Å². The minimum absolute atomic E-state index is 0.000799. The molecule has 1 aromatic heterocycles. The minimum Gasteiger partial charge on any atom is -0.344 e. The number of alkyl halides is 6. The fourth-order valence-corrected chi connectivity index (χ4v) is 5.80. The van der Waals surface area contributed by atoms with Gasteiger partial charge in [-0.25, -0.2) is 0 Å². The standard InChI is InChI=1S/C30H35F6N3O2/c1-3-18(2)27(40)38-26(19-8-5-4-6-9-19)28(41)39-11-7-10-25(39)22-12-21(16-37-17-22)20-13-23(29(31,32)33)15-24(14-20)30(34,35)36/h12-19,25-26H,3-11H2,1-2H3,(H,38,40). The van der Waals surface area contributed by atoms with Gasteiger partial charge in [-0.3, -0.25) is 14.6 Å². The van der Waals surface area contributed by atoms with E-state index in [2.05, 4.69) is 10.3 Å². The van der Waals surface area contributed by atoms with Crippen LogP contribution in [0.5, 0.6) is 0 Å². The van der Waals surface area contributed by atoms with Crippen molar-refractivity contribution in [2.75, 3.05) is 6.54 Å². The Hall–Kier alpha value is -3.11. The van der Waals surface area contributed by atoms with Gasteiger partial charge in [-0.1, -0.05) is 33.1 Å². The van der Waals surface area contributed by atoms with Crippen molar-refractivity contribution in [1.29, 1.82) is 0 Å². The molecule has 2 aliphatic rings. The number of halogens is 6. The number of aromatic nitrogens is 1. The SMILES string of the molecule is CCC(C)C(=O)NC(C(=O)N1CCCC1c1cncc(-c2cc(C(F)(F)F)cc(C(F)(F)F)c2)c1)C1CCCCC1. The highest BCUT2D eigenvalue weighted by Crippen LogP contribution is 2.40. The third-order valence-corrected chi connectivity index (χ3v) is 8.35. The van der Waals surface area contributed by atoms with E-state index in [-0.39, 0.29) is 40.8 Å². The van der Waals surface area contributed by atoms with Crippen LogP contribution in [0.4, 0.5) is 26.3 Å². The van der Waals surface area contributed by atoms with Gasteiger partial charge in [-0.2, -0.15) is 26.3 Å². The normalized spacial score (nSPS) is 20.1. The Kier molecular flexibility index (Phi) is 9.33. The first-order chi connectivity index (χ1) is 19.3. The first kappa shape index (κ1) is 30.8. The van der Waals surface area contributed by atoms with Gasteiger partial charge in [-0.05, 0) is 73.4 Å². The number of benzene rings is 1. The average Bonchev–Trinajstić information content (AvgIpc) is 3.44. The molecule has 1 aliphatic carbocycles. The number of nitrogens with zero attached hydrogens (tertiary/aromatic N) is 2. The number of nitrogens with one attached hydrogen (secondary N) is 1. The fraction of sp³-hybridized carbons (Fsp3) is 0.567. The molecule has 11 heteroatoms. The molecule has 224 valence electrons. The lowest BCUT2D eigenvalue weighted by Crippen LogP contribution is -2.53. The van der Waals surface area contributed by atoms with Gasteiger partial charge in [0.15, 0.2) is 0 Å². The summed E-state index contributed by atoms with van der Waals surface area (Å²) >= 11 is 0. The van der Waals surface area contributed by atoms with E-state index >= 15 is 0 Å². The highest BCUT2D eigenvalue weighted by Gasteiger charge is 2.40. The van der Waals surface area contributed by atoms with E-state index < -0.39 is 35.6 Å². The average molecular weight is 584 g/mol. The second-order valence-electron chi connectivity index (χ2n) is 11.2. The number of hydrogen-bond acceptors (Lipinski definition) is 3. The molecule has 1 N–H and O–H groups in total. The van der Waals surface area contributed by atoms with Crippen LogP contribution in [-0.4, -0.2) is 34.3 Å². The molecule has 0 spiro atoms. The first-order valence-electron chi connectivity index (χ1n) is 14.1. The van der Waals surface area contributed by atoms with E-state index in [4.69, 9.17) is 0 Å². The van der Waals surface area contributed by atoms with E-state index in [0.29, 0.717) is 43.5 Å². The molecule has 2 heterocycles. The Morgan fingerprint density at radius 1 is 0.902 bits per heavy atom. The molecule has 3 unspecified atom stereocenters. The molecule has 2 fully saturated rings. The van der Waals surface area contributed by atoms with Crippen LogP contribution in [-0.2, 0) is 21.9 Å². The Bertz CT molecular complexity index is 1210. The van der Waals surface area contributed by atoms with E-state index in [0.717, 1.165) is 32.1 Å². The molecule has 5 nitrogen and oxygen atoms in total. The number of rotatable bonds is 7. The lowest BCUT2D eigenvalue weighted by atomic mass is 9.83. The number of pyridine rings is 1. The Morgan fingerprint density at radius 3 is 2.12 bits per heavy atom. The zero-order valence-electron chi connectivity index (χ0n) is 23.1. The highest BCUT2D eigenvalue weighted by atomic mass is 19.4. The number of amides is 2. The summed E-state index contributed by atoms with van der Waals surface area (Å²) in [5, 5.41) is 3.01. The summed E-state index contributed by atoms with van der Waals surface area (Å²) in [6, 6.07) is 1.80. The summed E-state index contributed by atoms with van der Waals surface area (Å²) in [5.74, 6) is -0.639. The maximum absolute atomic E-state index is 14.0. The van der Waals surface area contributed by atoms with E-state index in [9.17, 15) is 35.9 Å². The van der Waals surface area contributed by atoms with Gasteiger partial charge >= 0.3 is 12.4 Å². The molecule has 3 atom stereocenters. The lowest BCUT2D eigenvalue weighted by molar-refractivity contribution is -0.143. The summed E-state index contributed by atoms with van der Waals surface area (Å²) in [6.45, 7) is 4.14. The Labute approximate surface area is 235 Å². The molecular weight excluding hydrogens is 548 g/mol. The summed E-state index contributed by atoms with van der Waals surface area (Å²) in [5.41, 5.74) is -2.46. The third kappa shape index (κ3) is 7.22. The number of hydrogen-bond donors (Lipinski definition) is 1. The third-order valence-electron chi connectivity index (χ3n) is 8.35. The second kappa shape index (κ2) is 12.4. The molecule has 1 saturated heterocycles. The summed E-state index contributed by atoms with van der Waals surface area (Å²) in [4.78, 5) is 32.6. The molecule has 0 radical (unpaired) electrons. The van der Waals surface area contributed by atoms with Crippen LogP contribution >= 0.6 is 0 Å². The van der Waals surface area contributed by atoms with Gasteiger partial charge in [0.1, 0.15) is 6.04 Å². The minimum atomic E-state index is -4.97. The van der Waals surface area contributed by atoms with Gasteiger partial charge in [0, 0.05) is 30.4 Å². The number of carbonyl (C=O) groups is 2. The molecular formula is C30H35F6N3O2. The van der Waals surface area contributed by atoms with Crippen LogP contribution in [0.3, 0.4) is 0 Å². The van der Waals surface area contributed by atoms with Gasteiger partial charge < -0.3 is 10.2 Å². The second-order valence-corrected chi connectivity index (χ2v) is 11.2. The van der Waals surface area contributed by atoms with Crippen LogP contribution in [0, 0.1) is 11.8 Å². The van der Waals surface area contributed by atoms with Crippen molar-refractivity contribution in [2.45, 2.75) is 89.7 Å². The van der Waals surface area contributed by atoms with Crippen molar-refractivity contribution >= 4 is 11.8 Å². The van der Waals surface area contributed by atoms with Gasteiger partial charge in [0.25, 0.3) is 0 Å². The predicted molar refractivity (Wildman–Crippen MR) is 141 cm³/mol. The molecule has 1 aromatic carbocycles. The Balaban J connectivity index is 1.66. The van der Waals surface area contributed by atoms with Crippen LogP contribution in [0.15, 0.2) is 36.7 Å². The monoisotopic (exact) mass is 583 g/mol. The quantitative estimate of drug-likeness (QED) is 0.342. The fourth-order valence-electron chi connectivity index (χ4n) is 5.80.